The molecule has 5 heteroatoms. The predicted octanol–water partition coefficient (Wildman–Crippen LogP) is -0.0378. The summed E-state index contributed by atoms with van der Waals surface area (Å²) in [4.78, 5) is 24.2. The second-order valence-electron chi connectivity index (χ2n) is 3.91. The van der Waals surface area contributed by atoms with E-state index in [2.05, 4.69) is 5.32 Å². The van der Waals surface area contributed by atoms with E-state index >= 15 is 0 Å². The molecule has 0 radical (unpaired) electrons. The summed E-state index contributed by atoms with van der Waals surface area (Å²) in [6, 6.07) is 0.156. The number of hydrogen-bond donors (Lipinski definition) is 1. The van der Waals surface area contributed by atoms with Crippen LogP contribution in [0.3, 0.4) is 0 Å². The number of fused-ring (bicyclic) bond motifs is 1. The first kappa shape index (κ1) is 9.77. The maximum absolute atomic E-state index is 11.3. The Labute approximate surface area is 87.6 Å². The fourth-order valence-electron chi connectivity index (χ4n) is 2.21. The molecule has 0 aromatic rings. The summed E-state index contributed by atoms with van der Waals surface area (Å²) in [6.07, 6.45) is 1.48. The van der Waals surface area contributed by atoms with Gasteiger partial charge in [-0.25, -0.2) is 0 Å². The zero-order valence-corrected chi connectivity index (χ0v) is 8.59. The molecule has 4 nitrogen and oxygen atoms in total. The first-order valence-electron chi connectivity index (χ1n) is 4.84. The van der Waals surface area contributed by atoms with Crippen LogP contribution >= 0.6 is 11.6 Å². The molecule has 2 fully saturated rings. The second kappa shape index (κ2) is 3.77. The topological polar surface area (TPSA) is 49.4 Å². The van der Waals surface area contributed by atoms with Gasteiger partial charge in [0.2, 0.25) is 11.8 Å². The van der Waals surface area contributed by atoms with E-state index in [1.165, 1.54) is 0 Å². The van der Waals surface area contributed by atoms with Gasteiger partial charge in [0.05, 0.1) is 6.04 Å². The van der Waals surface area contributed by atoms with Crippen molar-refractivity contribution in [3.8, 4) is 0 Å². The van der Waals surface area contributed by atoms with Crippen LogP contribution in [-0.2, 0) is 9.59 Å². The summed E-state index contributed by atoms with van der Waals surface area (Å²) >= 11 is 5.48. The van der Waals surface area contributed by atoms with Crippen molar-refractivity contribution in [1.82, 2.24) is 10.2 Å². The van der Waals surface area contributed by atoms with Crippen molar-refractivity contribution in [1.29, 1.82) is 0 Å². The van der Waals surface area contributed by atoms with Gasteiger partial charge in [0.15, 0.2) is 0 Å². The van der Waals surface area contributed by atoms with E-state index in [-0.39, 0.29) is 23.7 Å². The first-order valence-corrected chi connectivity index (χ1v) is 5.37. The molecule has 2 amide bonds. The summed E-state index contributed by atoms with van der Waals surface area (Å²) in [6.45, 7) is 1.37. The number of nitrogens with one attached hydrogen (secondary N) is 1. The van der Waals surface area contributed by atoms with E-state index in [0.717, 1.165) is 13.0 Å². The summed E-state index contributed by atoms with van der Waals surface area (Å²) < 4.78 is 0. The lowest BCUT2D eigenvalue weighted by Gasteiger charge is -2.24. The fourth-order valence-corrected chi connectivity index (χ4v) is 2.38. The molecule has 0 aromatic heterocycles. The van der Waals surface area contributed by atoms with Crippen molar-refractivity contribution in [2.75, 3.05) is 19.0 Å². The smallest absolute Gasteiger partial charge is 0.237 e. The Morgan fingerprint density at radius 3 is 3.07 bits per heavy atom. The summed E-state index contributed by atoms with van der Waals surface area (Å²) in [5.74, 6) is 0.537. The highest BCUT2D eigenvalue weighted by atomic mass is 35.5. The predicted molar refractivity (Wildman–Crippen MR) is 52.0 cm³/mol. The molecule has 2 unspecified atom stereocenters. The second-order valence-corrected chi connectivity index (χ2v) is 4.17. The van der Waals surface area contributed by atoms with Gasteiger partial charge >= 0.3 is 0 Å². The molecule has 2 aliphatic heterocycles. The van der Waals surface area contributed by atoms with Crippen molar-refractivity contribution >= 4 is 23.4 Å². The molecule has 1 N–H and O–H groups in total. The number of nitrogens with zero attached hydrogens (tertiary/aromatic N) is 1. The number of alkyl halides is 1. The molecule has 2 aliphatic rings. The number of carbonyl (C=O) groups is 2. The third kappa shape index (κ3) is 1.71. The van der Waals surface area contributed by atoms with Crippen LogP contribution in [-0.4, -0.2) is 41.7 Å². The van der Waals surface area contributed by atoms with Gasteiger partial charge in [0.1, 0.15) is 5.88 Å². The lowest BCUT2D eigenvalue weighted by molar-refractivity contribution is -0.128. The molecule has 0 spiro atoms. The monoisotopic (exact) mass is 216 g/mol. The molecular formula is C9H13ClN2O2. The average molecular weight is 217 g/mol. The summed E-state index contributed by atoms with van der Waals surface area (Å²) in [5, 5.41) is 2.91. The number of carbonyl (C=O) groups excluding carboxylic acids is 2. The Kier molecular flexibility index (Phi) is 2.63. The third-order valence-corrected chi connectivity index (χ3v) is 3.23. The molecule has 0 aliphatic carbocycles. The standard InChI is InChI=1S/C9H13ClN2O2/c10-3-9(14)12-4-6-1-2-8(13)11-7(6)5-12/h6-7H,1-5H2,(H,11,13). The Balaban J connectivity index is 1.98. The zero-order valence-electron chi connectivity index (χ0n) is 7.83. The van der Waals surface area contributed by atoms with Crippen LogP contribution in [0.5, 0.6) is 0 Å². The minimum atomic E-state index is -0.0321. The quantitative estimate of drug-likeness (QED) is 0.626. The van der Waals surface area contributed by atoms with Crippen LogP contribution in [0.1, 0.15) is 12.8 Å². The average Bonchev–Trinajstić information content (AvgIpc) is 2.59. The van der Waals surface area contributed by atoms with E-state index in [1.807, 2.05) is 0 Å². The van der Waals surface area contributed by atoms with Crippen LogP contribution in [0.2, 0.25) is 0 Å². The van der Waals surface area contributed by atoms with Gasteiger partial charge < -0.3 is 10.2 Å². The van der Waals surface area contributed by atoms with E-state index < -0.39 is 0 Å². The number of halogens is 1. The Morgan fingerprint density at radius 2 is 2.36 bits per heavy atom. The highest BCUT2D eigenvalue weighted by Crippen LogP contribution is 2.25. The minimum Gasteiger partial charge on any atom is -0.351 e. The maximum atomic E-state index is 11.3. The molecule has 0 aromatic carbocycles. The van der Waals surface area contributed by atoms with Gasteiger partial charge in [-0.1, -0.05) is 0 Å². The van der Waals surface area contributed by atoms with Crippen LogP contribution in [0.25, 0.3) is 0 Å². The van der Waals surface area contributed by atoms with Gasteiger partial charge in [-0.15, -0.1) is 11.6 Å². The number of piperidine rings is 1. The molecule has 78 valence electrons. The Hall–Kier alpha value is -0.770. The zero-order chi connectivity index (χ0) is 10.1. The first-order chi connectivity index (χ1) is 6.70. The van der Waals surface area contributed by atoms with Gasteiger partial charge in [0.25, 0.3) is 0 Å². The highest BCUT2D eigenvalue weighted by Gasteiger charge is 2.38. The Morgan fingerprint density at radius 1 is 1.57 bits per heavy atom. The van der Waals surface area contributed by atoms with E-state index in [9.17, 15) is 9.59 Å². The van der Waals surface area contributed by atoms with Crippen LogP contribution in [0.4, 0.5) is 0 Å². The molecular weight excluding hydrogens is 204 g/mol. The van der Waals surface area contributed by atoms with Gasteiger partial charge in [-0.3, -0.25) is 9.59 Å². The fraction of sp³-hybridized carbons (Fsp3) is 0.778. The van der Waals surface area contributed by atoms with E-state index in [0.29, 0.717) is 18.9 Å². The normalized spacial score (nSPS) is 31.2. The van der Waals surface area contributed by atoms with Crippen LogP contribution in [0.15, 0.2) is 0 Å². The Bertz CT molecular complexity index is 270. The molecule has 0 bridgehead atoms. The molecule has 0 saturated carbocycles. The van der Waals surface area contributed by atoms with Crippen LogP contribution < -0.4 is 5.32 Å². The van der Waals surface area contributed by atoms with Gasteiger partial charge in [0, 0.05) is 19.5 Å². The number of amides is 2. The highest BCUT2D eigenvalue weighted by molar-refractivity contribution is 6.27. The van der Waals surface area contributed by atoms with Gasteiger partial charge in [-0.2, -0.15) is 0 Å². The summed E-state index contributed by atoms with van der Waals surface area (Å²) in [7, 11) is 0. The number of likely N-dealkylation sites (tertiary alicyclic amines) is 1. The molecule has 2 saturated heterocycles. The lowest BCUT2D eigenvalue weighted by atomic mass is 9.94. The van der Waals surface area contributed by atoms with E-state index in [1.54, 1.807) is 4.90 Å². The minimum absolute atomic E-state index is 0.0321. The van der Waals surface area contributed by atoms with Crippen molar-refractivity contribution in [3.63, 3.8) is 0 Å². The van der Waals surface area contributed by atoms with Gasteiger partial charge in [-0.05, 0) is 12.3 Å². The van der Waals surface area contributed by atoms with Crippen molar-refractivity contribution < 1.29 is 9.59 Å². The SMILES string of the molecule is O=C1CCC2CN(C(=O)CCl)CC2N1. The molecule has 2 rings (SSSR count). The van der Waals surface area contributed by atoms with Crippen molar-refractivity contribution in [2.24, 2.45) is 5.92 Å². The maximum Gasteiger partial charge on any atom is 0.237 e. The lowest BCUT2D eigenvalue weighted by Crippen LogP contribution is -2.44. The molecule has 2 heterocycles. The largest absolute Gasteiger partial charge is 0.351 e. The molecule has 14 heavy (non-hydrogen) atoms. The number of rotatable bonds is 1. The van der Waals surface area contributed by atoms with Crippen molar-refractivity contribution in [2.45, 2.75) is 18.9 Å². The van der Waals surface area contributed by atoms with Crippen molar-refractivity contribution in [3.05, 3.63) is 0 Å². The molecule has 2 atom stereocenters. The summed E-state index contributed by atoms with van der Waals surface area (Å²) in [5.41, 5.74) is 0. The third-order valence-electron chi connectivity index (χ3n) is 3.00. The number of hydrogen-bond acceptors (Lipinski definition) is 2. The van der Waals surface area contributed by atoms with Crippen LogP contribution in [0, 0.1) is 5.92 Å². The van der Waals surface area contributed by atoms with E-state index in [4.69, 9.17) is 11.6 Å².